The van der Waals surface area contributed by atoms with Gasteiger partial charge in [0.2, 0.25) is 0 Å². The van der Waals surface area contributed by atoms with Crippen molar-refractivity contribution in [2.45, 2.75) is 63.9 Å². The Morgan fingerprint density at radius 2 is 1.56 bits per heavy atom. The van der Waals surface area contributed by atoms with Crippen molar-refractivity contribution in [1.29, 1.82) is 0 Å². The second-order valence-electron chi connectivity index (χ2n) is 11.4. The molecule has 3 aromatic rings. The van der Waals surface area contributed by atoms with Crippen LogP contribution in [-0.2, 0) is 4.74 Å². The number of anilines is 1. The molecule has 230 valence electrons. The first-order chi connectivity index (χ1) is 20.9. The minimum atomic E-state index is -0.778. The number of para-hydroxylation sites is 1. The van der Waals surface area contributed by atoms with Crippen LogP contribution in [-0.4, -0.2) is 66.2 Å². The molecule has 4 rings (SSSR count). The number of phenols is 1. The van der Waals surface area contributed by atoms with Gasteiger partial charge in [0.1, 0.15) is 6.10 Å². The topological polar surface area (TPSA) is 82.1 Å². The van der Waals surface area contributed by atoms with Crippen LogP contribution in [0.3, 0.4) is 0 Å². The summed E-state index contributed by atoms with van der Waals surface area (Å²) in [6, 6.07) is 21.5. The molecule has 2 N–H and O–H groups in total. The van der Waals surface area contributed by atoms with Crippen LogP contribution in [0.1, 0.15) is 68.1 Å². The largest absolute Gasteiger partial charge is 0.505 e. The van der Waals surface area contributed by atoms with E-state index in [1.165, 1.54) is 37.8 Å². The highest BCUT2D eigenvalue weighted by atomic mass is 19.1. The van der Waals surface area contributed by atoms with Gasteiger partial charge in [-0.3, -0.25) is 10.1 Å². The van der Waals surface area contributed by atoms with Gasteiger partial charge < -0.3 is 19.6 Å². The van der Waals surface area contributed by atoms with Crippen LogP contribution in [0.15, 0.2) is 72.8 Å². The van der Waals surface area contributed by atoms with Crippen molar-refractivity contribution in [3.8, 4) is 16.9 Å². The standard InChI is InChI=1S/C35H44FN3O4/c1-38(34(41)28-18-19-33(40)31(36)26-28)22-12-5-3-2-4-6-13-23-39-24-20-29(21-25-39)43-35(42)37-32-17-11-10-16-30(32)27-14-8-7-9-15-27/h7-11,14-19,26,29,40H,2-6,12-13,20-25H2,1H3,(H,37,42). The number of phenolic OH excluding ortho intramolecular Hbond substituents is 1. The van der Waals surface area contributed by atoms with Crippen molar-refractivity contribution >= 4 is 17.7 Å². The fourth-order valence-corrected chi connectivity index (χ4v) is 5.53. The minimum Gasteiger partial charge on any atom is -0.505 e. The lowest BCUT2D eigenvalue weighted by Crippen LogP contribution is -2.38. The third-order valence-corrected chi connectivity index (χ3v) is 8.07. The quantitative estimate of drug-likeness (QED) is 0.188. The first-order valence-corrected chi connectivity index (χ1v) is 15.5. The number of likely N-dealkylation sites (tertiary alicyclic amines) is 1. The molecule has 0 aromatic heterocycles. The number of halogens is 1. The number of ether oxygens (including phenoxy) is 1. The molecule has 8 heteroatoms. The summed E-state index contributed by atoms with van der Waals surface area (Å²) in [4.78, 5) is 29.1. The van der Waals surface area contributed by atoms with Gasteiger partial charge in [-0.2, -0.15) is 0 Å². The SMILES string of the molecule is CN(CCCCCCCCCN1CCC(OC(=O)Nc2ccccc2-c2ccccc2)CC1)C(=O)c1ccc(O)c(F)c1. The molecule has 43 heavy (non-hydrogen) atoms. The molecular formula is C35H44FN3O4. The second kappa shape index (κ2) is 16.7. The molecule has 7 nitrogen and oxygen atoms in total. The minimum absolute atomic E-state index is 0.0586. The monoisotopic (exact) mass is 589 g/mol. The zero-order valence-electron chi connectivity index (χ0n) is 25.1. The maximum absolute atomic E-state index is 13.5. The number of benzene rings is 3. The van der Waals surface area contributed by atoms with Crippen LogP contribution < -0.4 is 5.32 Å². The van der Waals surface area contributed by atoms with Gasteiger partial charge in [-0.25, -0.2) is 9.18 Å². The average molecular weight is 590 g/mol. The molecule has 0 radical (unpaired) electrons. The Kier molecular flexibility index (Phi) is 12.4. The van der Waals surface area contributed by atoms with Gasteiger partial charge in [0, 0.05) is 37.8 Å². The number of aromatic hydroxyl groups is 1. The number of rotatable bonds is 14. The van der Waals surface area contributed by atoms with Crippen molar-refractivity contribution < 1.29 is 23.8 Å². The fraction of sp³-hybridized carbons (Fsp3) is 0.429. The predicted octanol–water partition coefficient (Wildman–Crippen LogP) is 7.71. The molecule has 0 spiro atoms. The van der Waals surface area contributed by atoms with Gasteiger partial charge in [0.15, 0.2) is 11.6 Å². The summed E-state index contributed by atoms with van der Waals surface area (Å²) < 4.78 is 19.3. The Hall–Kier alpha value is -3.91. The lowest BCUT2D eigenvalue weighted by Gasteiger charge is -2.31. The Morgan fingerprint density at radius 1 is 0.907 bits per heavy atom. The number of hydrogen-bond donors (Lipinski definition) is 2. The highest BCUT2D eigenvalue weighted by Gasteiger charge is 2.22. The number of nitrogens with one attached hydrogen (secondary N) is 1. The summed E-state index contributed by atoms with van der Waals surface area (Å²) in [5, 5.41) is 12.2. The Bertz CT molecular complexity index is 1310. The maximum Gasteiger partial charge on any atom is 0.411 e. The number of unbranched alkanes of at least 4 members (excludes halogenated alkanes) is 6. The number of amides is 2. The maximum atomic E-state index is 13.5. The molecule has 3 aromatic carbocycles. The van der Waals surface area contributed by atoms with E-state index in [1.807, 2.05) is 54.6 Å². The third-order valence-electron chi connectivity index (χ3n) is 8.07. The van der Waals surface area contributed by atoms with Gasteiger partial charge in [-0.05, 0) is 62.1 Å². The van der Waals surface area contributed by atoms with Gasteiger partial charge in [-0.1, -0.05) is 80.6 Å². The number of hydrogen-bond acceptors (Lipinski definition) is 5. The highest BCUT2D eigenvalue weighted by molar-refractivity contribution is 5.94. The molecule has 1 saturated heterocycles. The predicted molar refractivity (Wildman–Crippen MR) is 169 cm³/mol. The molecule has 1 aliphatic heterocycles. The molecule has 0 aliphatic carbocycles. The van der Waals surface area contributed by atoms with Crippen LogP contribution in [0.5, 0.6) is 5.75 Å². The van der Waals surface area contributed by atoms with Crippen LogP contribution in [0.4, 0.5) is 14.9 Å². The summed E-state index contributed by atoms with van der Waals surface area (Å²) in [6.45, 7) is 3.60. The summed E-state index contributed by atoms with van der Waals surface area (Å²) in [7, 11) is 1.73. The van der Waals surface area contributed by atoms with Crippen molar-refractivity contribution in [2.24, 2.45) is 0 Å². The van der Waals surface area contributed by atoms with E-state index in [-0.39, 0.29) is 17.6 Å². The molecule has 0 unspecified atom stereocenters. The fourth-order valence-electron chi connectivity index (χ4n) is 5.53. The van der Waals surface area contributed by atoms with E-state index in [9.17, 15) is 19.1 Å². The van der Waals surface area contributed by atoms with E-state index in [2.05, 4.69) is 10.2 Å². The van der Waals surface area contributed by atoms with Gasteiger partial charge in [0.05, 0.1) is 5.69 Å². The molecule has 0 bridgehead atoms. The molecule has 1 fully saturated rings. The van der Waals surface area contributed by atoms with E-state index in [0.717, 1.165) is 74.6 Å². The smallest absolute Gasteiger partial charge is 0.411 e. The van der Waals surface area contributed by atoms with Gasteiger partial charge in [0.25, 0.3) is 5.91 Å². The normalized spacial score (nSPS) is 13.9. The molecular weight excluding hydrogens is 545 g/mol. The van der Waals surface area contributed by atoms with Crippen LogP contribution in [0.25, 0.3) is 11.1 Å². The van der Waals surface area contributed by atoms with E-state index in [4.69, 9.17) is 4.74 Å². The number of carbonyl (C=O) groups is 2. The van der Waals surface area contributed by atoms with Crippen molar-refractivity contribution in [2.75, 3.05) is 38.5 Å². The zero-order valence-corrected chi connectivity index (χ0v) is 25.1. The number of nitrogens with zero attached hydrogens (tertiary/aromatic N) is 2. The van der Waals surface area contributed by atoms with Crippen molar-refractivity contribution in [1.82, 2.24) is 9.80 Å². The average Bonchev–Trinajstić information content (AvgIpc) is 3.02. The van der Waals surface area contributed by atoms with E-state index >= 15 is 0 Å². The number of carbonyl (C=O) groups excluding carboxylic acids is 2. The summed E-state index contributed by atoms with van der Waals surface area (Å²) >= 11 is 0. The summed E-state index contributed by atoms with van der Waals surface area (Å²) in [5.74, 6) is -1.46. The van der Waals surface area contributed by atoms with Crippen LogP contribution >= 0.6 is 0 Å². The summed E-state index contributed by atoms with van der Waals surface area (Å²) in [5.41, 5.74) is 3.03. The highest BCUT2D eigenvalue weighted by Crippen LogP contribution is 2.28. The Morgan fingerprint density at radius 3 is 2.28 bits per heavy atom. The third kappa shape index (κ3) is 10.1. The van der Waals surface area contributed by atoms with Crippen LogP contribution in [0, 0.1) is 5.82 Å². The molecule has 0 saturated carbocycles. The lowest BCUT2D eigenvalue weighted by atomic mass is 10.0. The lowest BCUT2D eigenvalue weighted by molar-refractivity contribution is 0.0584. The second-order valence-corrected chi connectivity index (χ2v) is 11.4. The van der Waals surface area contributed by atoms with E-state index < -0.39 is 17.7 Å². The number of piperidine rings is 1. The Labute approximate surface area is 254 Å². The molecule has 2 amide bonds. The van der Waals surface area contributed by atoms with Crippen LogP contribution in [0.2, 0.25) is 0 Å². The first-order valence-electron chi connectivity index (χ1n) is 15.5. The van der Waals surface area contributed by atoms with Crippen molar-refractivity contribution in [3.05, 3.63) is 84.2 Å². The van der Waals surface area contributed by atoms with E-state index in [0.29, 0.717) is 6.54 Å². The summed E-state index contributed by atoms with van der Waals surface area (Å²) in [6.07, 6.45) is 9.11. The molecule has 0 atom stereocenters. The van der Waals surface area contributed by atoms with Gasteiger partial charge in [-0.15, -0.1) is 0 Å². The van der Waals surface area contributed by atoms with Gasteiger partial charge >= 0.3 is 6.09 Å². The van der Waals surface area contributed by atoms with Crippen molar-refractivity contribution in [3.63, 3.8) is 0 Å². The molecule has 1 aliphatic rings. The Balaban J connectivity index is 1.02. The zero-order chi connectivity index (χ0) is 30.4. The van der Waals surface area contributed by atoms with E-state index in [1.54, 1.807) is 11.9 Å². The first kappa shape index (κ1) is 32.0. The molecule has 1 heterocycles.